The second-order valence-electron chi connectivity index (χ2n) is 3.76. The van der Waals surface area contributed by atoms with Gasteiger partial charge in [0.15, 0.2) is 0 Å². The van der Waals surface area contributed by atoms with Crippen LogP contribution in [0.15, 0.2) is 6.58 Å². The number of carbonyl (C=O) groups excluding carboxylic acids is 1. The van der Waals surface area contributed by atoms with Crippen LogP contribution in [-0.2, 0) is 4.79 Å². The van der Waals surface area contributed by atoms with Gasteiger partial charge < -0.3 is 9.84 Å². The highest BCUT2D eigenvalue weighted by molar-refractivity contribution is 5.74. The summed E-state index contributed by atoms with van der Waals surface area (Å²) in [5.74, 6) is 0.338. The lowest BCUT2D eigenvalue weighted by Crippen LogP contribution is -2.06. The molecule has 0 aliphatic rings. The normalized spacial score (nSPS) is 10.0. The first-order chi connectivity index (χ1) is 7.40. The summed E-state index contributed by atoms with van der Waals surface area (Å²) < 4.78 is 5.16. The highest BCUT2D eigenvalue weighted by Gasteiger charge is 2.17. The highest BCUT2D eigenvalue weighted by Crippen LogP contribution is 2.37. The number of benzene rings is 1. The van der Waals surface area contributed by atoms with Gasteiger partial charge in [-0.25, -0.2) is 0 Å². The van der Waals surface area contributed by atoms with E-state index in [1.165, 1.54) is 6.92 Å². The Morgan fingerprint density at radius 1 is 1.25 bits per heavy atom. The number of carbonyl (C=O) groups is 1. The molecule has 0 fully saturated rings. The maximum Gasteiger partial charge on any atom is 0.308 e. The van der Waals surface area contributed by atoms with E-state index < -0.39 is 0 Å². The second kappa shape index (κ2) is 4.39. The Balaban J connectivity index is 3.54. The smallest absolute Gasteiger partial charge is 0.308 e. The molecule has 0 spiro atoms. The van der Waals surface area contributed by atoms with Crippen LogP contribution in [0.25, 0.3) is 6.08 Å². The summed E-state index contributed by atoms with van der Waals surface area (Å²) in [5.41, 5.74) is 2.82. The van der Waals surface area contributed by atoms with Crippen molar-refractivity contribution in [3.63, 3.8) is 0 Å². The Morgan fingerprint density at radius 2 is 1.81 bits per heavy atom. The molecule has 0 unspecified atom stereocenters. The van der Waals surface area contributed by atoms with Crippen molar-refractivity contribution in [2.75, 3.05) is 0 Å². The molecule has 86 valence electrons. The summed E-state index contributed by atoms with van der Waals surface area (Å²) in [6.45, 7) is 10.4. The molecule has 0 saturated heterocycles. The summed E-state index contributed by atoms with van der Waals surface area (Å²) >= 11 is 0. The van der Waals surface area contributed by atoms with E-state index in [0.29, 0.717) is 16.9 Å². The van der Waals surface area contributed by atoms with Crippen molar-refractivity contribution in [1.82, 2.24) is 0 Å². The van der Waals surface area contributed by atoms with Crippen LogP contribution in [0.3, 0.4) is 0 Å². The van der Waals surface area contributed by atoms with Gasteiger partial charge in [0.1, 0.15) is 11.5 Å². The molecule has 0 bridgehead atoms. The van der Waals surface area contributed by atoms with E-state index in [1.807, 2.05) is 6.92 Å². The largest absolute Gasteiger partial charge is 0.507 e. The van der Waals surface area contributed by atoms with Crippen molar-refractivity contribution in [3.05, 3.63) is 28.8 Å². The first kappa shape index (κ1) is 12.3. The molecule has 0 aromatic heterocycles. The second-order valence-corrected chi connectivity index (χ2v) is 3.76. The predicted octanol–water partition coefficient (Wildman–Crippen LogP) is 2.89. The molecule has 1 aromatic carbocycles. The number of esters is 1. The van der Waals surface area contributed by atoms with Gasteiger partial charge in [0, 0.05) is 18.1 Å². The van der Waals surface area contributed by atoms with Crippen LogP contribution in [0.2, 0.25) is 0 Å². The number of hydrogen-bond acceptors (Lipinski definition) is 3. The fourth-order valence-electron chi connectivity index (χ4n) is 1.68. The zero-order valence-corrected chi connectivity index (χ0v) is 10.0. The molecule has 0 saturated carbocycles. The molecule has 3 nitrogen and oxygen atoms in total. The molecular weight excluding hydrogens is 204 g/mol. The van der Waals surface area contributed by atoms with E-state index in [1.54, 1.807) is 19.9 Å². The zero-order valence-electron chi connectivity index (χ0n) is 10.0. The van der Waals surface area contributed by atoms with E-state index in [2.05, 4.69) is 6.58 Å². The van der Waals surface area contributed by atoms with Gasteiger partial charge >= 0.3 is 5.97 Å². The van der Waals surface area contributed by atoms with Crippen molar-refractivity contribution < 1.29 is 14.6 Å². The maximum atomic E-state index is 11.0. The van der Waals surface area contributed by atoms with Crippen LogP contribution in [0.1, 0.15) is 29.2 Å². The van der Waals surface area contributed by atoms with Crippen molar-refractivity contribution >= 4 is 12.0 Å². The fraction of sp³-hybridized carbons (Fsp3) is 0.308. The number of phenolic OH excluding ortho intramolecular Hbond substituents is 1. The minimum absolute atomic E-state index is 0.195. The standard InChI is InChI=1S/C13H16O3/c1-6-11-9(4)13(16-10(5)14)8(3)7(2)12(11)15/h6,15H,1H2,2-5H3. The van der Waals surface area contributed by atoms with Gasteiger partial charge in [-0.05, 0) is 31.9 Å². The number of hydrogen-bond donors (Lipinski definition) is 1. The Hall–Kier alpha value is -1.77. The molecule has 0 radical (unpaired) electrons. The van der Waals surface area contributed by atoms with Crippen LogP contribution in [0, 0.1) is 20.8 Å². The van der Waals surface area contributed by atoms with Crippen LogP contribution >= 0.6 is 0 Å². The third kappa shape index (κ3) is 1.94. The summed E-state index contributed by atoms with van der Waals surface area (Å²) in [5, 5.41) is 9.91. The Morgan fingerprint density at radius 3 is 2.25 bits per heavy atom. The van der Waals surface area contributed by atoms with Gasteiger partial charge in [-0.1, -0.05) is 12.7 Å². The molecule has 1 rings (SSSR count). The third-order valence-corrected chi connectivity index (χ3v) is 2.71. The monoisotopic (exact) mass is 220 g/mol. The quantitative estimate of drug-likeness (QED) is 0.615. The SMILES string of the molecule is C=Cc1c(C)c(OC(C)=O)c(C)c(C)c1O. The lowest BCUT2D eigenvalue weighted by Gasteiger charge is -2.16. The van der Waals surface area contributed by atoms with E-state index in [4.69, 9.17) is 4.74 Å². The van der Waals surface area contributed by atoms with Crippen LogP contribution in [0.4, 0.5) is 0 Å². The maximum absolute atomic E-state index is 11.0. The Kier molecular flexibility index (Phi) is 3.38. The van der Waals surface area contributed by atoms with Crippen molar-refractivity contribution in [1.29, 1.82) is 0 Å². The minimum atomic E-state index is -0.369. The van der Waals surface area contributed by atoms with E-state index in [0.717, 1.165) is 11.1 Å². The first-order valence-corrected chi connectivity index (χ1v) is 5.03. The van der Waals surface area contributed by atoms with Gasteiger partial charge in [-0.2, -0.15) is 0 Å². The highest BCUT2D eigenvalue weighted by atomic mass is 16.5. The predicted molar refractivity (Wildman–Crippen MR) is 63.7 cm³/mol. The molecule has 16 heavy (non-hydrogen) atoms. The zero-order chi connectivity index (χ0) is 12.5. The molecule has 1 N–H and O–H groups in total. The van der Waals surface area contributed by atoms with Crippen LogP contribution in [0.5, 0.6) is 11.5 Å². The number of ether oxygens (including phenoxy) is 1. The summed E-state index contributed by atoms with van der Waals surface area (Å²) in [6.07, 6.45) is 1.56. The van der Waals surface area contributed by atoms with Gasteiger partial charge in [-0.3, -0.25) is 4.79 Å². The van der Waals surface area contributed by atoms with Crippen molar-refractivity contribution in [3.8, 4) is 11.5 Å². The molecule has 0 aliphatic carbocycles. The first-order valence-electron chi connectivity index (χ1n) is 5.03. The fourth-order valence-corrected chi connectivity index (χ4v) is 1.68. The average Bonchev–Trinajstić information content (AvgIpc) is 2.22. The van der Waals surface area contributed by atoms with E-state index in [-0.39, 0.29) is 11.7 Å². The molecule has 0 aliphatic heterocycles. The van der Waals surface area contributed by atoms with Gasteiger partial charge in [0.2, 0.25) is 0 Å². The van der Waals surface area contributed by atoms with E-state index >= 15 is 0 Å². The van der Waals surface area contributed by atoms with Gasteiger partial charge in [-0.15, -0.1) is 0 Å². The number of aromatic hydroxyl groups is 1. The van der Waals surface area contributed by atoms with Crippen LogP contribution in [-0.4, -0.2) is 11.1 Å². The molecule has 0 amide bonds. The lowest BCUT2D eigenvalue weighted by molar-refractivity contribution is -0.131. The number of phenols is 1. The summed E-state index contributed by atoms with van der Waals surface area (Å²) in [4.78, 5) is 11.0. The average molecular weight is 220 g/mol. The van der Waals surface area contributed by atoms with Crippen molar-refractivity contribution in [2.24, 2.45) is 0 Å². The lowest BCUT2D eigenvalue weighted by atomic mass is 9.97. The van der Waals surface area contributed by atoms with Crippen LogP contribution < -0.4 is 4.74 Å². The van der Waals surface area contributed by atoms with E-state index in [9.17, 15) is 9.90 Å². The Labute approximate surface area is 95.4 Å². The summed E-state index contributed by atoms with van der Waals surface area (Å²) in [7, 11) is 0. The molecule has 1 aromatic rings. The molecule has 0 heterocycles. The van der Waals surface area contributed by atoms with Gasteiger partial charge in [0.05, 0.1) is 0 Å². The summed E-state index contributed by atoms with van der Waals surface area (Å²) in [6, 6.07) is 0. The third-order valence-electron chi connectivity index (χ3n) is 2.71. The van der Waals surface area contributed by atoms with Crippen molar-refractivity contribution in [2.45, 2.75) is 27.7 Å². The topological polar surface area (TPSA) is 46.5 Å². The molecule has 0 atom stereocenters. The Bertz CT molecular complexity index is 459. The molecular formula is C13H16O3. The van der Waals surface area contributed by atoms with Gasteiger partial charge in [0.25, 0.3) is 0 Å². The molecule has 3 heteroatoms. The number of rotatable bonds is 2. The minimum Gasteiger partial charge on any atom is -0.507 e.